The average Bonchev–Trinajstić information content (AvgIpc) is 2.90. The number of nitrogens with zero attached hydrogens (tertiary/aromatic N) is 1. The van der Waals surface area contributed by atoms with Crippen LogP contribution in [-0.4, -0.2) is 35.7 Å². The van der Waals surface area contributed by atoms with Crippen LogP contribution < -0.4 is 0 Å². The smallest absolute Gasteiger partial charge is 0.409 e. The molecule has 4 nitrogen and oxygen atoms in total. The van der Waals surface area contributed by atoms with Crippen molar-refractivity contribution >= 4 is 17.0 Å². The minimum Gasteiger partial charge on any atom is -0.450 e. The molecule has 0 bridgehead atoms. The number of fused-ring (bicyclic) bond motifs is 1. The number of carbonyl (C=O) groups is 1. The van der Waals surface area contributed by atoms with Crippen LogP contribution in [0.1, 0.15) is 31.4 Å². The summed E-state index contributed by atoms with van der Waals surface area (Å²) in [6.07, 6.45) is 1.57. The number of nitrogens with one attached hydrogen (secondary N) is 1. The number of amides is 1. The third-order valence-electron chi connectivity index (χ3n) is 4.06. The Morgan fingerprint density at radius 3 is 2.86 bits per heavy atom. The quantitative estimate of drug-likeness (QED) is 0.917. The molecule has 0 atom stereocenters. The lowest BCUT2D eigenvalue weighted by molar-refractivity contribution is 0.0969. The van der Waals surface area contributed by atoms with E-state index in [9.17, 15) is 9.18 Å². The molecule has 21 heavy (non-hydrogen) atoms. The molecular weight excluding hydrogens is 271 g/mol. The number of aromatic nitrogens is 1. The molecule has 0 radical (unpaired) electrons. The van der Waals surface area contributed by atoms with Gasteiger partial charge in [0.2, 0.25) is 0 Å². The van der Waals surface area contributed by atoms with Gasteiger partial charge in [-0.05, 0) is 44.0 Å². The first kappa shape index (κ1) is 13.9. The largest absolute Gasteiger partial charge is 0.450 e. The Kier molecular flexibility index (Phi) is 3.82. The molecule has 0 saturated carbocycles. The number of benzene rings is 1. The molecule has 5 heteroatoms. The van der Waals surface area contributed by atoms with Crippen molar-refractivity contribution in [1.29, 1.82) is 0 Å². The Labute approximate surface area is 122 Å². The van der Waals surface area contributed by atoms with Crippen LogP contribution in [0.4, 0.5) is 9.18 Å². The SMILES string of the molecule is CCOC(=O)N1CCC(c2cc3cc(F)ccc3[nH]2)CC1. The molecule has 1 fully saturated rings. The third kappa shape index (κ3) is 2.86. The summed E-state index contributed by atoms with van der Waals surface area (Å²) in [4.78, 5) is 16.8. The summed E-state index contributed by atoms with van der Waals surface area (Å²) in [5.41, 5.74) is 2.08. The molecule has 3 rings (SSSR count). The van der Waals surface area contributed by atoms with Crippen molar-refractivity contribution in [1.82, 2.24) is 9.88 Å². The first-order valence-corrected chi connectivity index (χ1v) is 7.37. The summed E-state index contributed by atoms with van der Waals surface area (Å²) in [5.74, 6) is 0.163. The Bertz CT molecular complexity index is 645. The number of aromatic amines is 1. The molecule has 0 spiro atoms. The molecule has 1 aromatic carbocycles. The summed E-state index contributed by atoms with van der Waals surface area (Å²) < 4.78 is 18.2. The summed E-state index contributed by atoms with van der Waals surface area (Å²) >= 11 is 0. The Morgan fingerprint density at radius 1 is 1.38 bits per heavy atom. The summed E-state index contributed by atoms with van der Waals surface area (Å²) in [6.45, 7) is 3.63. The highest BCUT2D eigenvalue weighted by molar-refractivity contribution is 5.80. The van der Waals surface area contributed by atoms with E-state index in [0.717, 1.165) is 29.4 Å². The maximum Gasteiger partial charge on any atom is 0.409 e. The Hall–Kier alpha value is -2.04. The van der Waals surface area contributed by atoms with E-state index in [1.165, 1.54) is 6.07 Å². The van der Waals surface area contributed by atoms with E-state index in [4.69, 9.17) is 4.74 Å². The van der Waals surface area contributed by atoms with Crippen molar-refractivity contribution in [3.05, 3.63) is 35.8 Å². The predicted molar refractivity (Wildman–Crippen MR) is 78.8 cm³/mol. The van der Waals surface area contributed by atoms with Gasteiger partial charge < -0.3 is 14.6 Å². The fourth-order valence-electron chi connectivity index (χ4n) is 2.93. The van der Waals surface area contributed by atoms with Crippen molar-refractivity contribution in [2.24, 2.45) is 0 Å². The van der Waals surface area contributed by atoms with Crippen LogP contribution in [0.15, 0.2) is 24.3 Å². The first-order valence-electron chi connectivity index (χ1n) is 7.37. The van der Waals surface area contributed by atoms with E-state index in [-0.39, 0.29) is 11.9 Å². The normalized spacial score (nSPS) is 16.4. The molecule has 0 unspecified atom stereocenters. The van der Waals surface area contributed by atoms with Gasteiger partial charge in [-0.1, -0.05) is 0 Å². The number of carbonyl (C=O) groups excluding carboxylic acids is 1. The van der Waals surface area contributed by atoms with Gasteiger partial charge in [0.15, 0.2) is 0 Å². The van der Waals surface area contributed by atoms with E-state index in [2.05, 4.69) is 4.98 Å². The topological polar surface area (TPSA) is 45.3 Å². The average molecular weight is 290 g/mol. The van der Waals surface area contributed by atoms with Gasteiger partial charge in [0.05, 0.1) is 6.61 Å². The van der Waals surface area contributed by atoms with Gasteiger partial charge in [-0.3, -0.25) is 0 Å². The van der Waals surface area contributed by atoms with Gasteiger partial charge in [0.25, 0.3) is 0 Å². The lowest BCUT2D eigenvalue weighted by atomic mass is 9.94. The summed E-state index contributed by atoms with van der Waals surface area (Å²) in [5, 5.41) is 0.901. The summed E-state index contributed by atoms with van der Waals surface area (Å²) in [6, 6.07) is 6.79. The molecule has 1 saturated heterocycles. The highest BCUT2D eigenvalue weighted by Gasteiger charge is 2.25. The molecular formula is C16H19FN2O2. The van der Waals surface area contributed by atoms with Crippen LogP contribution in [0.2, 0.25) is 0 Å². The summed E-state index contributed by atoms with van der Waals surface area (Å²) in [7, 11) is 0. The molecule has 1 aliphatic rings. The van der Waals surface area contributed by atoms with E-state index in [0.29, 0.717) is 25.6 Å². The molecule has 112 valence electrons. The van der Waals surface area contributed by atoms with Crippen molar-refractivity contribution in [3.8, 4) is 0 Å². The number of halogens is 1. The van der Waals surface area contributed by atoms with Crippen molar-refractivity contribution in [2.45, 2.75) is 25.7 Å². The monoisotopic (exact) mass is 290 g/mol. The second-order valence-electron chi connectivity index (χ2n) is 5.42. The number of hydrogen-bond acceptors (Lipinski definition) is 2. The highest BCUT2D eigenvalue weighted by atomic mass is 19.1. The van der Waals surface area contributed by atoms with E-state index in [1.54, 1.807) is 17.0 Å². The zero-order valence-electron chi connectivity index (χ0n) is 12.1. The fourth-order valence-corrected chi connectivity index (χ4v) is 2.93. The lowest BCUT2D eigenvalue weighted by Crippen LogP contribution is -2.38. The molecule has 0 aliphatic carbocycles. The zero-order chi connectivity index (χ0) is 14.8. The molecule has 1 N–H and O–H groups in total. The van der Waals surface area contributed by atoms with E-state index < -0.39 is 0 Å². The van der Waals surface area contributed by atoms with Gasteiger partial charge in [-0.15, -0.1) is 0 Å². The van der Waals surface area contributed by atoms with Gasteiger partial charge >= 0.3 is 6.09 Å². The van der Waals surface area contributed by atoms with Gasteiger partial charge in [0.1, 0.15) is 5.82 Å². The third-order valence-corrected chi connectivity index (χ3v) is 4.06. The lowest BCUT2D eigenvalue weighted by Gasteiger charge is -2.30. The second-order valence-corrected chi connectivity index (χ2v) is 5.42. The number of ether oxygens (including phenoxy) is 1. The fraction of sp³-hybridized carbons (Fsp3) is 0.438. The van der Waals surface area contributed by atoms with E-state index >= 15 is 0 Å². The van der Waals surface area contributed by atoms with Crippen molar-refractivity contribution < 1.29 is 13.9 Å². The number of hydrogen-bond donors (Lipinski definition) is 1. The molecule has 2 aromatic rings. The maximum absolute atomic E-state index is 13.2. The molecule has 1 aromatic heterocycles. The van der Waals surface area contributed by atoms with Crippen LogP contribution in [0.5, 0.6) is 0 Å². The maximum atomic E-state index is 13.2. The standard InChI is InChI=1S/C16H19FN2O2/c1-2-21-16(20)19-7-5-11(6-8-19)15-10-12-9-13(17)3-4-14(12)18-15/h3-4,9-11,18H,2,5-8H2,1H3. The molecule has 1 aliphatic heterocycles. The molecule has 1 amide bonds. The van der Waals surface area contributed by atoms with Crippen molar-refractivity contribution in [2.75, 3.05) is 19.7 Å². The number of likely N-dealkylation sites (tertiary alicyclic amines) is 1. The van der Waals surface area contributed by atoms with Crippen molar-refractivity contribution in [3.63, 3.8) is 0 Å². The van der Waals surface area contributed by atoms with Gasteiger partial charge in [-0.25, -0.2) is 9.18 Å². The first-order chi connectivity index (χ1) is 10.2. The number of piperidine rings is 1. The Balaban J connectivity index is 1.69. The van der Waals surface area contributed by atoms with Crippen LogP contribution in [0, 0.1) is 5.82 Å². The minimum atomic E-state index is -0.227. The Morgan fingerprint density at radius 2 is 2.14 bits per heavy atom. The van der Waals surface area contributed by atoms with E-state index in [1.807, 2.05) is 13.0 Å². The molecule has 2 heterocycles. The van der Waals surface area contributed by atoms with Gasteiger partial charge in [-0.2, -0.15) is 0 Å². The highest BCUT2D eigenvalue weighted by Crippen LogP contribution is 2.30. The number of rotatable bonds is 2. The number of H-pyrrole nitrogens is 1. The van der Waals surface area contributed by atoms with Crippen LogP contribution in [0.25, 0.3) is 10.9 Å². The van der Waals surface area contributed by atoms with Crippen LogP contribution >= 0.6 is 0 Å². The van der Waals surface area contributed by atoms with Crippen LogP contribution in [-0.2, 0) is 4.74 Å². The minimum absolute atomic E-state index is 0.217. The second kappa shape index (κ2) is 5.76. The van der Waals surface area contributed by atoms with Crippen LogP contribution in [0.3, 0.4) is 0 Å². The van der Waals surface area contributed by atoms with Gasteiger partial charge in [0, 0.05) is 35.6 Å². The zero-order valence-corrected chi connectivity index (χ0v) is 12.1. The predicted octanol–water partition coefficient (Wildman–Crippen LogP) is 3.64.